The largest absolute Gasteiger partial charge is 0.340 e. The van der Waals surface area contributed by atoms with Crippen LogP contribution < -0.4 is 5.32 Å². The summed E-state index contributed by atoms with van der Waals surface area (Å²) < 4.78 is 0. The molecule has 0 aromatic heterocycles. The van der Waals surface area contributed by atoms with Crippen LogP contribution in [0.4, 0.5) is 0 Å². The van der Waals surface area contributed by atoms with Crippen LogP contribution in [0.25, 0.3) is 0 Å². The van der Waals surface area contributed by atoms with E-state index in [1.165, 1.54) is 17.5 Å². The molecule has 3 rings (SSSR count). The van der Waals surface area contributed by atoms with Gasteiger partial charge >= 0.3 is 0 Å². The van der Waals surface area contributed by atoms with Crippen molar-refractivity contribution in [2.75, 3.05) is 26.7 Å². The van der Waals surface area contributed by atoms with Gasteiger partial charge in [0.15, 0.2) is 0 Å². The second-order valence-electron chi connectivity index (χ2n) is 6.58. The lowest BCUT2D eigenvalue weighted by molar-refractivity contribution is -0.138. The third-order valence-electron chi connectivity index (χ3n) is 5.21. The standard InChI is InChI=1S/C18H27N3O.2ClH/c1-14(18(22)21-10-5-8-17(13-21)19-2)20-11-9-15-6-3-4-7-16(15)12-20;;/h3-4,6-7,14,17,19H,5,8-13H2,1-2H3;2*1H. The first-order valence-corrected chi connectivity index (χ1v) is 8.46. The summed E-state index contributed by atoms with van der Waals surface area (Å²) in [5.74, 6) is 0.291. The van der Waals surface area contributed by atoms with Gasteiger partial charge in [0, 0.05) is 32.2 Å². The van der Waals surface area contributed by atoms with Crippen molar-refractivity contribution in [3.8, 4) is 0 Å². The molecule has 0 saturated carbocycles. The van der Waals surface area contributed by atoms with E-state index in [4.69, 9.17) is 0 Å². The Bertz CT molecular complexity index is 541. The minimum absolute atomic E-state index is 0. The second-order valence-corrected chi connectivity index (χ2v) is 6.58. The van der Waals surface area contributed by atoms with E-state index in [2.05, 4.69) is 46.3 Å². The van der Waals surface area contributed by atoms with Crippen molar-refractivity contribution in [1.29, 1.82) is 0 Å². The number of likely N-dealkylation sites (tertiary alicyclic amines) is 1. The molecule has 2 aliphatic heterocycles. The highest BCUT2D eigenvalue weighted by molar-refractivity contribution is 5.85. The average molecular weight is 374 g/mol. The number of benzene rings is 1. The molecule has 1 aromatic rings. The van der Waals surface area contributed by atoms with E-state index in [0.717, 1.165) is 39.0 Å². The number of piperidine rings is 1. The van der Waals surface area contributed by atoms with Crippen molar-refractivity contribution in [3.63, 3.8) is 0 Å². The summed E-state index contributed by atoms with van der Waals surface area (Å²) in [5, 5.41) is 3.31. The molecule has 1 amide bonds. The van der Waals surface area contributed by atoms with Gasteiger partial charge in [0.05, 0.1) is 6.04 Å². The quantitative estimate of drug-likeness (QED) is 0.883. The molecule has 2 atom stereocenters. The Morgan fingerprint density at radius 3 is 2.62 bits per heavy atom. The maximum absolute atomic E-state index is 12.8. The monoisotopic (exact) mass is 373 g/mol. The molecule has 1 aromatic carbocycles. The molecule has 4 nitrogen and oxygen atoms in total. The van der Waals surface area contributed by atoms with Gasteiger partial charge in [-0.3, -0.25) is 9.69 Å². The molecule has 2 unspecified atom stereocenters. The number of hydrogen-bond donors (Lipinski definition) is 1. The third-order valence-corrected chi connectivity index (χ3v) is 5.21. The van der Waals surface area contributed by atoms with Crippen LogP contribution >= 0.6 is 24.8 Å². The molecule has 2 heterocycles. The summed E-state index contributed by atoms with van der Waals surface area (Å²) in [4.78, 5) is 17.2. The summed E-state index contributed by atoms with van der Waals surface area (Å²) in [7, 11) is 1.99. The minimum Gasteiger partial charge on any atom is -0.340 e. The molecule has 2 aliphatic rings. The highest BCUT2D eigenvalue weighted by atomic mass is 35.5. The fourth-order valence-electron chi connectivity index (χ4n) is 3.68. The normalized spacial score (nSPS) is 21.9. The first kappa shape index (κ1) is 21.2. The van der Waals surface area contributed by atoms with Crippen LogP contribution in [0.3, 0.4) is 0 Å². The molecule has 1 saturated heterocycles. The van der Waals surface area contributed by atoms with Crippen molar-refractivity contribution in [1.82, 2.24) is 15.1 Å². The predicted octanol–water partition coefficient (Wildman–Crippen LogP) is 2.49. The third kappa shape index (κ3) is 4.63. The molecule has 1 fully saturated rings. The number of carbonyl (C=O) groups excluding carboxylic acids is 1. The highest BCUT2D eigenvalue weighted by Gasteiger charge is 2.30. The number of likely N-dealkylation sites (N-methyl/N-ethyl adjacent to an activating group) is 1. The number of halogens is 2. The summed E-state index contributed by atoms with van der Waals surface area (Å²) >= 11 is 0. The Morgan fingerprint density at radius 2 is 1.92 bits per heavy atom. The van der Waals surface area contributed by atoms with E-state index < -0.39 is 0 Å². The van der Waals surface area contributed by atoms with Gasteiger partial charge in [-0.1, -0.05) is 24.3 Å². The molecular weight excluding hydrogens is 345 g/mol. The SMILES string of the molecule is CNC1CCCN(C(=O)C(C)N2CCc3ccccc3C2)C1.Cl.Cl. The van der Waals surface area contributed by atoms with Gasteiger partial charge < -0.3 is 10.2 Å². The fraction of sp³-hybridized carbons (Fsp3) is 0.611. The van der Waals surface area contributed by atoms with E-state index in [1.54, 1.807) is 0 Å². The number of nitrogens with zero attached hydrogens (tertiary/aromatic N) is 2. The highest BCUT2D eigenvalue weighted by Crippen LogP contribution is 2.21. The van der Waals surface area contributed by atoms with E-state index in [1.807, 2.05) is 7.05 Å². The van der Waals surface area contributed by atoms with Gasteiger partial charge in [-0.15, -0.1) is 24.8 Å². The Kier molecular flexibility index (Phi) is 8.51. The predicted molar refractivity (Wildman–Crippen MR) is 103 cm³/mol. The van der Waals surface area contributed by atoms with Crippen molar-refractivity contribution in [3.05, 3.63) is 35.4 Å². The van der Waals surface area contributed by atoms with Crippen molar-refractivity contribution >= 4 is 30.7 Å². The Hall–Kier alpha value is -0.810. The van der Waals surface area contributed by atoms with Crippen LogP contribution in [0, 0.1) is 0 Å². The van der Waals surface area contributed by atoms with Gasteiger partial charge in [0.2, 0.25) is 5.91 Å². The van der Waals surface area contributed by atoms with E-state index in [9.17, 15) is 4.79 Å². The van der Waals surface area contributed by atoms with Crippen LogP contribution in [0.5, 0.6) is 0 Å². The Balaban J connectivity index is 0.00000144. The lowest BCUT2D eigenvalue weighted by Gasteiger charge is -2.38. The molecule has 0 radical (unpaired) electrons. The molecule has 0 aliphatic carbocycles. The maximum Gasteiger partial charge on any atom is 0.239 e. The van der Waals surface area contributed by atoms with Gasteiger partial charge in [0.1, 0.15) is 0 Å². The van der Waals surface area contributed by atoms with Crippen molar-refractivity contribution < 1.29 is 4.79 Å². The average Bonchev–Trinajstić information content (AvgIpc) is 2.60. The lowest BCUT2D eigenvalue weighted by Crippen LogP contribution is -2.53. The minimum atomic E-state index is -0.0241. The molecular formula is C18H29Cl2N3O. The number of carbonyl (C=O) groups is 1. The molecule has 0 spiro atoms. The molecule has 1 N–H and O–H groups in total. The zero-order valence-electron chi connectivity index (χ0n) is 14.5. The Morgan fingerprint density at radius 1 is 1.21 bits per heavy atom. The topological polar surface area (TPSA) is 35.6 Å². The van der Waals surface area contributed by atoms with Gasteiger partial charge in [-0.05, 0) is 44.4 Å². The Labute approximate surface area is 157 Å². The number of fused-ring (bicyclic) bond motifs is 1. The van der Waals surface area contributed by atoms with E-state index in [-0.39, 0.29) is 30.9 Å². The van der Waals surface area contributed by atoms with E-state index >= 15 is 0 Å². The van der Waals surface area contributed by atoms with Gasteiger partial charge in [0.25, 0.3) is 0 Å². The number of rotatable bonds is 3. The second kappa shape index (κ2) is 9.62. The molecule has 24 heavy (non-hydrogen) atoms. The van der Waals surface area contributed by atoms with Crippen LogP contribution in [-0.4, -0.2) is 54.5 Å². The summed E-state index contributed by atoms with van der Waals surface area (Å²) in [6, 6.07) is 9.03. The lowest BCUT2D eigenvalue weighted by atomic mass is 9.98. The molecule has 6 heteroatoms. The summed E-state index contributed by atoms with van der Waals surface area (Å²) in [6.45, 7) is 5.70. The van der Waals surface area contributed by atoms with Crippen LogP contribution in [0.2, 0.25) is 0 Å². The number of amides is 1. The fourth-order valence-corrected chi connectivity index (χ4v) is 3.68. The number of nitrogens with one attached hydrogen (secondary N) is 1. The van der Waals surface area contributed by atoms with Gasteiger partial charge in [-0.25, -0.2) is 0 Å². The zero-order chi connectivity index (χ0) is 15.5. The van der Waals surface area contributed by atoms with Crippen LogP contribution in [-0.2, 0) is 17.8 Å². The van der Waals surface area contributed by atoms with Crippen LogP contribution in [0.15, 0.2) is 24.3 Å². The van der Waals surface area contributed by atoms with Crippen LogP contribution in [0.1, 0.15) is 30.9 Å². The zero-order valence-corrected chi connectivity index (χ0v) is 16.2. The molecule has 136 valence electrons. The first-order valence-electron chi connectivity index (χ1n) is 8.46. The van der Waals surface area contributed by atoms with Crippen molar-refractivity contribution in [2.24, 2.45) is 0 Å². The maximum atomic E-state index is 12.8. The summed E-state index contributed by atoms with van der Waals surface area (Å²) in [6.07, 6.45) is 3.32. The first-order chi connectivity index (χ1) is 10.7. The van der Waals surface area contributed by atoms with Crippen molar-refractivity contribution in [2.45, 2.75) is 44.8 Å². The smallest absolute Gasteiger partial charge is 0.239 e. The van der Waals surface area contributed by atoms with Gasteiger partial charge in [-0.2, -0.15) is 0 Å². The molecule has 0 bridgehead atoms. The summed E-state index contributed by atoms with van der Waals surface area (Å²) in [5.41, 5.74) is 2.81. The van der Waals surface area contributed by atoms with E-state index in [0.29, 0.717) is 11.9 Å². The number of hydrogen-bond acceptors (Lipinski definition) is 3.